The summed E-state index contributed by atoms with van der Waals surface area (Å²) in [6.45, 7) is 3.96. The van der Waals surface area contributed by atoms with Gasteiger partial charge in [-0.3, -0.25) is 4.98 Å². The molecule has 0 fully saturated rings. The maximum absolute atomic E-state index is 13.3. The second-order valence-electron chi connectivity index (χ2n) is 3.63. The highest BCUT2D eigenvalue weighted by atomic mass is 127. The average Bonchev–Trinajstić information content (AvgIpc) is 2.24. The van der Waals surface area contributed by atoms with Gasteiger partial charge in [0.05, 0.1) is 10.5 Å². The van der Waals surface area contributed by atoms with Crippen LogP contribution in [0, 0.1) is 16.3 Å². The first-order valence-electron chi connectivity index (χ1n) is 4.98. The first-order valence-corrected chi connectivity index (χ1v) is 6.44. The van der Waals surface area contributed by atoms with E-state index in [2.05, 4.69) is 27.6 Å². The van der Waals surface area contributed by atoms with Crippen LogP contribution in [0.25, 0.3) is 10.9 Å². The monoisotopic (exact) mass is 349 g/mol. The van der Waals surface area contributed by atoms with E-state index in [9.17, 15) is 4.39 Å². The fourth-order valence-electron chi connectivity index (χ4n) is 1.74. The summed E-state index contributed by atoms with van der Waals surface area (Å²) in [5.74, 6) is -0.274. The summed E-state index contributed by atoms with van der Waals surface area (Å²) >= 11 is 8.33. The van der Waals surface area contributed by atoms with E-state index in [4.69, 9.17) is 11.6 Å². The lowest BCUT2D eigenvalue weighted by atomic mass is 10.1. The van der Waals surface area contributed by atoms with Crippen LogP contribution in [0.15, 0.2) is 12.1 Å². The molecule has 0 radical (unpaired) electrons. The molecule has 4 heteroatoms. The lowest BCUT2D eigenvalue weighted by molar-refractivity contribution is 0.628. The van der Waals surface area contributed by atoms with Crippen LogP contribution in [0.5, 0.6) is 0 Å². The van der Waals surface area contributed by atoms with E-state index >= 15 is 0 Å². The van der Waals surface area contributed by atoms with Crippen LogP contribution in [0.4, 0.5) is 4.39 Å². The average molecular weight is 350 g/mol. The van der Waals surface area contributed by atoms with E-state index in [0.717, 1.165) is 26.8 Å². The highest BCUT2D eigenvalue weighted by Gasteiger charge is 2.12. The van der Waals surface area contributed by atoms with Crippen LogP contribution in [0.1, 0.15) is 18.2 Å². The minimum Gasteiger partial charge on any atom is -0.251 e. The fraction of sp³-hybridized carbons (Fsp3) is 0.250. The summed E-state index contributed by atoms with van der Waals surface area (Å²) in [4.78, 5) is 4.54. The Morgan fingerprint density at radius 1 is 1.44 bits per heavy atom. The predicted molar refractivity (Wildman–Crippen MR) is 73.5 cm³/mol. The molecule has 2 aromatic rings. The molecular formula is C12H10ClFIN. The minimum atomic E-state index is -0.274. The zero-order valence-electron chi connectivity index (χ0n) is 8.94. The van der Waals surface area contributed by atoms with Gasteiger partial charge in [-0.2, -0.15) is 0 Å². The Labute approximate surface area is 112 Å². The van der Waals surface area contributed by atoms with E-state index in [1.807, 2.05) is 13.8 Å². The number of benzene rings is 1. The van der Waals surface area contributed by atoms with Crippen molar-refractivity contribution in [3.63, 3.8) is 0 Å². The highest BCUT2D eigenvalue weighted by molar-refractivity contribution is 14.1. The van der Waals surface area contributed by atoms with Crippen molar-refractivity contribution in [2.75, 3.05) is 0 Å². The quantitative estimate of drug-likeness (QED) is 0.691. The molecular weight excluding hydrogens is 339 g/mol. The molecule has 2 rings (SSSR count). The number of rotatable bonds is 1. The highest BCUT2D eigenvalue weighted by Crippen LogP contribution is 2.31. The summed E-state index contributed by atoms with van der Waals surface area (Å²) in [7, 11) is 0. The number of fused-ring (bicyclic) bond motifs is 1. The van der Waals surface area contributed by atoms with E-state index < -0.39 is 0 Å². The number of aromatic nitrogens is 1. The largest absolute Gasteiger partial charge is 0.251 e. The molecule has 0 amide bonds. The summed E-state index contributed by atoms with van der Waals surface area (Å²) in [6.07, 6.45) is 0.828. The molecule has 16 heavy (non-hydrogen) atoms. The van der Waals surface area contributed by atoms with Crippen LogP contribution in [0.3, 0.4) is 0 Å². The second kappa shape index (κ2) is 4.45. The summed E-state index contributed by atoms with van der Waals surface area (Å²) in [5, 5.41) is 1.31. The number of hydrogen-bond acceptors (Lipinski definition) is 1. The van der Waals surface area contributed by atoms with Crippen molar-refractivity contribution in [2.24, 2.45) is 0 Å². The maximum Gasteiger partial charge on any atom is 0.125 e. The number of pyridine rings is 1. The maximum atomic E-state index is 13.3. The predicted octanol–water partition coefficient (Wildman–Crippen LogP) is 4.50. The molecule has 1 aromatic carbocycles. The van der Waals surface area contributed by atoms with Gasteiger partial charge in [-0.15, -0.1) is 0 Å². The lowest BCUT2D eigenvalue weighted by Crippen LogP contribution is -1.97. The Kier molecular flexibility index (Phi) is 3.35. The number of aryl methyl sites for hydroxylation is 1. The van der Waals surface area contributed by atoms with Gasteiger partial charge in [-0.25, -0.2) is 4.39 Å². The minimum absolute atomic E-state index is 0.274. The van der Waals surface area contributed by atoms with E-state index in [0.29, 0.717) is 10.4 Å². The van der Waals surface area contributed by atoms with Gasteiger partial charge in [0.1, 0.15) is 5.82 Å². The van der Waals surface area contributed by atoms with Crippen LogP contribution in [-0.2, 0) is 6.42 Å². The molecule has 0 aliphatic heterocycles. The Hall–Kier alpha value is -0.420. The third-order valence-electron chi connectivity index (χ3n) is 2.61. The summed E-state index contributed by atoms with van der Waals surface area (Å²) < 4.78 is 14.1. The number of nitrogens with zero attached hydrogens (tertiary/aromatic N) is 1. The summed E-state index contributed by atoms with van der Waals surface area (Å²) in [5.41, 5.74) is 2.70. The van der Waals surface area contributed by atoms with Crippen LogP contribution >= 0.6 is 34.2 Å². The van der Waals surface area contributed by atoms with Crippen molar-refractivity contribution in [1.82, 2.24) is 4.98 Å². The van der Waals surface area contributed by atoms with Crippen molar-refractivity contribution in [3.05, 3.63) is 37.8 Å². The second-order valence-corrected chi connectivity index (χ2v) is 5.17. The molecule has 1 nitrogen and oxygen atoms in total. The third-order valence-corrected chi connectivity index (χ3v) is 3.92. The normalized spacial score (nSPS) is 11.1. The number of hydrogen-bond donors (Lipinski definition) is 0. The van der Waals surface area contributed by atoms with Crippen LogP contribution in [0.2, 0.25) is 5.02 Å². The Morgan fingerprint density at radius 2 is 2.12 bits per heavy atom. The van der Waals surface area contributed by atoms with E-state index in [1.54, 1.807) is 0 Å². The first kappa shape index (κ1) is 12.0. The van der Waals surface area contributed by atoms with Crippen LogP contribution < -0.4 is 0 Å². The zero-order valence-corrected chi connectivity index (χ0v) is 11.9. The van der Waals surface area contributed by atoms with Crippen molar-refractivity contribution in [3.8, 4) is 0 Å². The van der Waals surface area contributed by atoms with Crippen LogP contribution in [-0.4, -0.2) is 4.98 Å². The fourth-order valence-corrected chi connectivity index (χ4v) is 2.70. The molecule has 84 valence electrons. The van der Waals surface area contributed by atoms with Gasteiger partial charge in [0.25, 0.3) is 0 Å². The van der Waals surface area contributed by atoms with E-state index in [-0.39, 0.29) is 5.82 Å². The molecule has 0 spiro atoms. The van der Waals surface area contributed by atoms with E-state index in [1.165, 1.54) is 12.1 Å². The van der Waals surface area contributed by atoms with Gasteiger partial charge in [-0.05, 0) is 53.6 Å². The van der Waals surface area contributed by atoms with Gasteiger partial charge in [0.2, 0.25) is 0 Å². The van der Waals surface area contributed by atoms with Crippen molar-refractivity contribution < 1.29 is 4.39 Å². The standard InChI is InChI=1S/C12H10ClFIN/c1-3-10-6(2)11(13)8-4-7(14)5-9(15)12(8)16-10/h4-5H,3H2,1-2H3. The molecule has 0 unspecified atom stereocenters. The first-order chi connectivity index (χ1) is 7.54. The topological polar surface area (TPSA) is 12.9 Å². The van der Waals surface area contributed by atoms with Crippen molar-refractivity contribution in [1.29, 1.82) is 0 Å². The SMILES string of the molecule is CCc1nc2c(I)cc(F)cc2c(Cl)c1C. The van der Waals surface area contributed by atoms with Crippen molar-refractivity contribution >= 4 is 45.1 Å². The Bertz CT molecular complexity index is 569. The lowest BCUT2D eigenvalue weighted by Gasteiger charge is -2.10. The zero-order chi connectivity index (χ0) is 11.9. The third kappa shape index (κ3) is 1.91. The number of halogens is 3. The molecule has 1 aromatic heterocycles. The molecule has 0 saturated carbocycles. The Morgan fingerprint density at radius 3 is 2.75 bits per heavy atom. The van der Waals surface area contributed by atoms with Crippen molar-refractivity contribution in [2.45, 2.75) is 20.3 Å². The molecule has 0 bridgehead atoms. The van der Waals surface area contributed by atoms with Gasteiger partial charge in [0, 0.05) is 14.7 Å². The van der Waals surface area contributed by atoms with Gasteiger partial charge < -0.3 is 0 Å². The Balaban J connectivity index is 2.92. The smallest absolute Gasteiger partial charge is 0.125 e. The van der Waals surface area contributed by atoms with Gasteiger partial charge in [-0.1, -0.05) is 18.5 Å². The van der Waals surface area contributed by atoms with Gasteiger partial charge in [0.15, 0.2) is 0 Å². The summed E-state index contributed by atoms with van der Waals surface area (Å²) in [6, 6.07) is 2.92. The molecule has 1 heterocycles. The van der Waals surface area contributed by atoms with Gasteiger partial charge >= 0.3 is 0 Å². The molecule has 0 N–H and O–H groups in total. The molecule has 0 atom stereocenters. The molecule has 0 aliphatic carbocycles. The molecule has 0 saturated heterocycles. The molecule has 0 aliphatic rings.